The number of alkyl halides is 21. The van der Waals surface area contributed by atoms with Gasteiger partial charge in [-0.25, -0.2) is 5.11 Å². The van der Waals surface area contributed by atoms with E-state index >= 15 is 0 Å². The van der Waals surface area contributed by atoms with E-state index in [1.807, 2.05) is 0 Å². The summed E-state index contributed by atoms with van der Waals surface area (Å²) in [4.78, 5) is 0. The van der Waals surface area contributed by atoms with Crippen molar-refractivity contribution in [3.05, 3.63) is 34.4 Å². The summed E-state index contributed by atoms with van der Waals surface area (Å²) in [5, 5.41) is 12.4. The number of rotatable bonds is 8. The van der Waals surface area contributed by atoms with Crippen molar-refractivity contribution in [2.24, 2.45) is 5.92 Å². The van der Waals surface area contributed by atoms with E-state index in [0.717, 1.165) is 0 Å². The van der Waals surface area contributed by atoms with E-state index in [9.17, 15) is 97.3 Å². The summed E-state index contributed by atoms with van der Waals surface area (Å²) in [6, 6.07) is -3.68. The Morgan fingerprint density at radius 1 is 0.463 bits per heavy atom. The average molecular weight is 653 g/mol. The molecular formula is C19H10F21O. The predicted molar refractivity (Wildman–Crippen MR) is 89.4 cm³/mol. The molecule has 0 aliphatic rings. The standard InChI is InChI=1S/C19H10F21O/c1-5(2)10(41)9-7(12(22,23)15(28,29)18(35,36)37)3-6(11(20,21)14(26,27)17(32,33)34)4-8(9)13(24,25)16(30,31)19(38,39)40/h3-5,10H,1-2H3. The molecule has 0 amide bonds. The molecule has 0 aromatic heterocycles. The highest BCUT2D eigenvalue weighted by Crippen LogP contribution is 2.60. The number of benzene rings is 1. The molecule has 0 spiro atoms. The molecule has 0 saturated carbocycles. The van der Waals surface area contributed by atoms with Crippen molar-refractivity contribution in [1.29, 1.82) is 0 Å². The largest absolute Gasteiger partial charge is 0.460 e. The smallest absolute Gasteiger partial charge is 0.228 e. The van der Waals surface area contributed by atoms with E-state index in [-0.39, 0.29) is 0 Å². The molecule has 0 aliphatic heterocycles. The average Bonchev–Trinajstić information content (AvgIpc) is 2.74. The van der Waals surface area contributed by atoms with Gasteiger partial charge < -0.3 is 0 Å². The monoisotopic (exact) mass is 653 g/mol. The summed E-state index contributed by atoms with van der Waals surface area (Å²) in [6.07, 6.45) is -26.5. The molecule has 1 radical (unpaired) electrons. The summed E-state index contributed by atoms with van der Waals surface area (Å²) in [6.45, 7) is 0.761. The van der Waals surface area contributed by atoms with Crippen LogP contribution in [0.1, 0.15) is 42.2 Å². The SMILES string of the molecule is CC(C)C([O])c1c(C(F)(F)C(F)(F)C(F)(F)F)cc(C(F)(F)C(F)(F)C(F)(F)F)cc1C(F)(F)C(F)(F)C(F)(F)F. The van der Waals surface area contributed by atoms with Crippen LogP contribution in [-0.4, -0.2) is 36.3 Å². The lowest BCUT2D eigenvalue weighted by molar-refractivity contribution is -0.363. The molecule has 0 heterocycles. The van der Waals surface area contributed by atoms with Crippen molar-refractivity contribution in [3.63, 3.8) is 0 Å². The van der Waals surface area contributed by atoms with Crippen LogP contribution in [0, 0.1) is 5.92 Å². The molecular weight excluding hydrogens is 643 g/mol. The van der Waals surface area contributed by atoms with Crippen molar-refractivity contribution in [3.8, 4) is 0 Å². The topological polar surface area (TPSA) is 19.9 Å². The van der Waals surface area contributed by atoms with Gasteiger partial charge in [0.1, 0.15) is 6.10 Å². The van der Waals surface area contributed by atoms with Crippen LogP contribution >= 0.6 is 0 Å². The first-order valence-electron chi connectivity index (χ1n) is 9.89. The molecule has 0 aliphatic carbocycles. The molecule has 41 heavy (non-hydrogen) atoms. The van der Waals surface area contributed by atoms with Crippen molar-refractivity contribution < 1.29 is 97.3 Å². The van der Waals surface area contributed by atoms with Crippen LogP contribution in [-0.2, 0) is 22.9 Å². The molecule has 1 unspecified atom stereocenters. The van der Waals surface area contributed by atoms with Gasteiger partial charge in [-0.05, 0) is 18.1 Å². The highest BCUT2D eigenvalue weighted by molar-refractivity contribution is 5.49. The lowest BCUT2D eigenvalue weighted by Gasteiger charge is -2.36. The van der Waals surface area contributed by atoms with Gasteiger partial charge in [0.2, 0.25) is 0 Å². The van der Waals surface area contributed by atoms with Gasteiger partial charge in [-0.3, -0.25) is 0 Å². The first kappa shape index (κ1) is 36.7. The van der Waals surface area contributed by atoms with E-state index < -0.39 is 100 Å². The summed E-state index contributed by atoms with van der Waals surface area (Å²) >= 11 is 0. The van der Waals surface area contributed by atoms with Crippen LogP contribution in [0.25, 0.3) is 0 Å². The molecule has 1 rings (SSSR count). The number of hydrogen-bond acceptors (Lipinski definition) is 0. The fourth-order valence-electron chi connectivity index (χ4n) is 3.05. The van der Waals surface area contributed by atoms with Crippen LogP contribution in [0.15, 0.2) is 12.1 Å². The molecule has 1 atom stereocenters. The highest BCUT2D eigenvalue weighted by Gasteiger charge is 2.78. The van der Waals surface area contributed by atoms with Gasteiger partial charge in [-0.15, -0.1) is 0 Å². The minimum atomic E-state index is -7.72. The fourth-order valence-corrected chi connectivity index (χ4v) is 3.05. The molecule has 1 aromatic rings. The number of hydrogen-bond donors (Lipinski definition) is 0. The molecule has 0 N–H and O–H groups in total. The molecule has 0 saturated heterocycles. The van der Waals surface area contributed by atoms with E-state index in [1.54, 1.807) is 0 Å². The normalized spacial score (nSPS) is 16.4. The van der Waals surface area contributed by atoms with Crippen LogP contribution in [0.4, 0.5) is 92.2 Å². The second-order valence-electron chi connectivity index (χ2n) is 8.59. The van der Waals surface area contributed by atoms with Gasteiger partial charge in [0.15, 0.2) is 0 Å². The van der Waals surface area contributed by atoms with Crippen molar-refractivity contribution in [1.82, 2.24) is 0 Å². The maximum atomic E-state index is 14.6. The van der Waals surface area contributed by atoms with Crippen LogP contribution < -0.4 is 0 Å². The summed E-state index contributed by atoms with van der Waals surface area (Å²) in [5.74, 6) is -47.5. The molecule has 1 nitrogen and oxygen atoms in total. The quantitative estimate of drug-likeness (QED) is 0.249. The van der Waals surface area contributed by atoms with Gasteiger partial charge in [0.05, 0.1) is 0 Å². The van der Waals surface area contributed by atoms with Gasteiger partial charge >= 0.3 is 54.1 Å². The fraction of sp³-hybridized carbons (Fsp3) is 0.684. The maximum Gasteiger partial charge on any atom is 0.460 e. The zero-order chi connectivity index (χ0) is 33.4. The third-order valence-corrected chi connectivity index (χ3v) is 5.36. The van der Waals surface area contributed by atoms with Crippen LogP contribution in [0.2, 0.25) is 0 Å². The number of halogens is 21. The van der Waals surface area contributed by atoms with Crippen molar-refractivity contribution in [2.75, 3.05) is 0 Å². The third-order valence-electron chi connectivity index (χ3n) is 5.36. The first-order chi connectivity index (χ1) is 17.6. The zero-order valence-electron chi connectivity index (χ0n) is 19.2. The Morgan fingerprint density at radius 2 is 0.707 bits per heavy atom. The Hall–Kier alpha value is -2.29. The Bertz CT molecular complexity index is 1050. The Balaban J connectivity index is 4.68. The Morgan fingerprint density at radius 3 is 0.927 bits per heavy atom. The van der Waals surface area contributed by atoms with E-state index in [0.29, 0.717) is 13.8 Å². The van der Waals surface area contributed by atoms with Gasteiger partial charge in [-0.2, -0.15) is 92.2 Å². The molecule has 1 aromatic carbocycles. The molecule has 0 bridgehead atoms. The summed E-state index contributed by atoms with van der Waals surface area (Å²) < 4.78 is 283. The summed E-state index contributed by atoms with van der Waals surface area (Å²) in [5.41, 5.74) is -14.9. The maximum absolute atomic E-state index is 14.6. The molecule has 22 heteroatoms. The first-order valence-corrected chi connectivity index (χ1v) is 9.89. The van der Waals surface area contributed by atoms with Gasteiger partial charge in [0, 0.05) is 22.3 Å². The minimum absolute atomic E-state index is 0.381. The second-order valence-corrected chi connectivity index (χ2v) is 8.59. The van der Waals surface area contributed by atoms with E-state index in [2.05, 4.69) is 0 Å². The van der Waals surface area contributed by atoms with Crippen LogP contribution in [0.5, 0.6) is 0 Å². The minimum Gasteiger partial charge on any atom is -0.228 e. The Kier molecular flexibility index (Phi) is 8.85. The van der Waals surface area contributed by atoms with Gasteiger partial charge in [0.25, 0.3) is 0 Å². The Labute approximate surface area is 212 Å². The van der Waals surface area contributed by atoms with E-state index in [4.69, 9.17) is 0 Å². The predicted octanol–water partition coefficient (Wildman–Crippen LogP) is 9.68. The molecule has 0 fully saturated rings. The zero-order valence-corrected chi connectivity index (χ0v) is 19.2. The summed E-state index contributed by atoms with van der Waals surface area (Å²) in [7, 11) is 0. The van der Waals surface area contributed by atoms with E-state index in [1.165, 1.54) is 0 Å². The lowest BCUT2D eigenvalue weighted by atomic mass is 9.80. The highest BCUT2D eigenvalue weighted by atomic mass is 19.4. The van der Waals surface area contributed by atoms with Gasteiger partial charge in [-0.1, -0.05) is 13.8 Å². The van der Waals surface area contributed by atoms with Crippen molar-refractivity contribution in [2.45, 2.75) is 74.0 Å². The lowest BCUT2D eigenvalue weighted by Crippen LogP contribution is -2.53. The van der Waals surface area contributed by atoms with Crippen LogP contribution in [0.3, 0.4) is 0 Å². The molecule has 239 valence electrons. The third kappa shape index (κ3) is 5.48. The second kappa shape index (κ2) is 9.88. The van der Waals surface area contributed by atoms with Crippen molar-refractivity contribution >= 4 is 0 Å².